The number of rotatable bonds is 6. The second-order valence-corrected chi connectivity index (χ2v) is 8.38. The molecule has 1 aliphatic carbocycles. The fourth-order valence-electron chi connectivity index (χ4n) is 2.91. The Labute approximate surface area is 144 Å². The van der Waals surface area contributed by atoms with Crippen LogP contribution in [-0.4, -0.2) is 38.3 Å². The van der Waals surface area contributed by atoms with Crippen LogP contribution in [0.5, 0.6) is 0 Å². The fraction of sp³-hybridized carbons (Fsp3) is 0.500. The number of nitrogens with zero attached hydrogens (tertiary/aromatic N) is 1. The molecule has 132 valence electrons. The highest BCUT2D eigenvalue weighted by Gasteiger charge is 2.24. The molecular formula is C18H26N2O3S. The number of hydrogen-bond donors (Lipinski definition) is 1. The zero-order chi connectivity index (χ0) is 17.6. The summed E-state index contributed by atoms with van der Waals surface area (Å²) in [5, 5.41) is 4.11. The first-order valence-corrected chi connectivity index (χ1v) is 9.87. The van der Waals surface area contributed by atoms with Crippen molar-refractivity contribution in [2.75, 3.05) is 13.6 Å². The Morgan fingerprint density at radius 2 is 1.92 bits per heavy atom. The SMILES string of the molecule is C[C@H]1CCCC[C@H]1NC(=O)CN(C)S(=O)(=O)/C=C/c1ccccc1. The molecule has 0 radical (unpaired) electrons. The van der Waals surface area contributed by atoms with Gasteiger partial charge in [0.25, 0.3) is 0 Å². The molecule has 1 N–H and O–H groups in total. The molecule has 1 aliphatic rings. The highest BCUT2D eigenvalue weighted by atomic mass is 32.2. The van der Waals surface area contributed by atoms with Gasteiger partial charge in [0, 0.05) is 18.5 Å². The van der Waals surface area contributed by atoms with Crippen LogP contribution in [-0.2, 0) is 14.8 Å². The lowest BCUT2D eigenvalue weighted by Gasteiger charge is -2.30. The molecule has 2 atom stereocenters. The minimum absolute atomic E-state index is 0.155. The standard InChI is InChI=1S/C18H26N2O3S/c1-15-8-6-7-11-17(15)19-18(21)14-20(2)24(22,23)13-12-16-9-4-3-5-10-16/h3-5,9-10,12-13,15,17H,6-8,11,14H2,1-2H3,(H,19,21)/b13-12+/t15-,17+/m0/s1. The molecular weight excluding hydrogens is 324 g/mol. The van der Waals surface area contributed by atoms with Crippen molar-refractivity contribution in [3.05, 3.63) is 41.3 Å². The van der Waals surface area contributed by atoms with E-state index < -0.39 is 10.0 Å². The van der Waals surface area contributed by atoms with E-state index in [2.05, 4.69) is 12.2 Å². The van der Waals surface area contributed by atoms with Gasteiger partial charge >= 0.3 is 0 Å². The predicted octanol–water partition coefficient (Wildman–Crippen LogP) is 2.61. The summed E-state index contributed by atoms with van der Waals surface area (Å²) in [6.07, 6.45) is 5.93. The van der Waals surface area contributed by atoms with Gasteiger partial charge in [0.05, 0.1) is 6.54 Å². The molecule has 0 heterocycles. The van der Waals surface area contributed by atoms with Gasteiger partial charge in [-0.25, -0.2) is 8.42 Å². The molecule has 1 aromatic rings. The lowest BCUT2D eigenvalue weighted by molar-refractivity contribution is -0.122. The Bertz CT molecular complexity index is 671. The van der Waals surface area contributed by atoms with Crippen molar-refractivity contribution in [2.45, 2.75) is 38.6 Å². The number of amides is 1. The average Bonchev–Trinajstić information content (AvgIpc) is 2.56. The summed E-state index contributed by atoms with van der Waals surface area (Å²) in [7, 11) is -2.19. The topological polar surface area (TPSA) is 66.5 Å². The van der Waals surface area contributed by atoms with Crippen molar-refractivity contribution < 1.29 is 13.2 Å². The molecule has 5 nitrogen and oxygen atoms in total. The number of benzene rings is 1. The van der Waals surface area contributed by atoms with Crippen LogP contribution in [0, 0.1) is 5.92 Å². The van der Waals surface area contributed by atoms with E-state index in [1.165, 1.54) is 19.5 Å². The van der Waals surface area contributed by atoms with Gasteiger partial charge in [-0.15, -0.1) is 0 Å². The maximum Gasteiger partial charge on any atom is 0.236 e. The number of hydrogen-bond acceptors (Lipinski definition) is 3. The molecule has 1 amide bonds. The lowest BCUT2D eigenvalue weighted by Crippen LogP contribution is -2.45. The first-order chi connectivity index (χ1) is 11.4. The first kappa shape index (κ1) is 18.7. The van der Waals surface area contributed by atoms with Gasteiger partial charge in [-0.05, 0) is 30.4 Å². The average molecular weight is 350 g/mol. The molecule has 0 unspecified atom stereocenters. The molecule has 1 fully saturated rings. The van der Waals surface area contributed by atoms with Crippen LogP contribution < -0.4 is 5.32 Å². The maximum atomic E-state index is 12.3. The largest absolute Gasteiger partial charge is 0.352 e. The van der Waals surface area contributed by atoms with E-state index in [4.69, 9.17) is 0 Å². The molecule has 0 aliphatic heterocycles. The van der Waals surface area contributed by atoms with E-state index in [0.717, 1.165) is 34.5 Å². The highest BCUT2D eigenvalue weighted by Crippen LogP contribution is 2.23. The van der Waals surface area contributed by atoms with E-state index in [1.54, 1.807) is 0 Å². The molecule has 1 saturated carbocycles. The van der Waals surface area contributed by atoms with Crippen LogP contribution in [0.2, 0.25) is 0 Å². The molecule has 24 heavy (non-hydrogen) atoms. The van der Waals surface area contributed by atoms with Crippen molar-refractivity contribution in [1.29, 1.82) is 0 Å². The quantitative estimate of drug-likeness (QED) is 0.857. The molecule has 0 aromatic heterocycles. The number of carbonyl (C=O) groups is 1. The van der Waals surface area contributed by atoms with E-state index in [9.17, 15) is 13.2 Å². The van der Waals surface area contributed by atoms with Gasteiger partial charge in [0.1, 0.15) is 0 Å². The molecule has 1 aromatic carbocycles. The minimum Gasteiger partial charge on any atom is -0.352 e. The Balaban J connectivity index is 1.91. The second kappa shape index (κ2) is 8.44. The van der Waals surface area contributed by atoms with E-state index >= 15 is 0 Å². The summed E-state index contributed by atoms with van der Waals surface area (Å²) in [6, 6.07) is 9.35. The zero-order valence-electron chi connectivity index (χ0n) is 14.3. The van der Waals surface area contributed by atoms with Gasteiger partial charge in [0.2, 0.25) is 15.9 Å². The van der Waals surface area contributed by atoms with Crippen molar-refractivity contribution >= 4 is 22.0 Å². The fourth-order valence-corrected chi connectivity index (χ4v) is 3.74. The number of sulfonamides is 1. The van der Waals surface area contributed by atoms with Crippen molar-refractivity contribution in [1.82, 2.24) is 9.62 Å². The van der Waals surface area contributed by atoms with Crippen molar-refractivity contribution in [3.8, 4) is 0 Å². The summed E-state index contributed by atoms with van der Waals surface area (Å²) in [4.78, 5) is 12.1. The van der Waals surface area contributed by atoms with Crippen LogP contribution in [0.25, 0.3) is 6.08 Å². The van der Waals surface area contributed by atoms with Crippen LogP contribution in [0.1, 0.15) is 38.2 Å². The van der Waals surface area contributed by atoms with Gasteiger partial charge in [-0.3, -0.25) is 4.79 Å². The van der Waals surface area contributed by atoms with Crippen LogP contribution in [0.15, 0.2) is 35.7 Å². The van der Waals surface area contributed by atoms with E-state index in [-0.39, 0.29) is 18.5 Å². The van der Waals surface area contributed by atoms with Crippen LogP contribution >= 0.6 is 0 Å². The van der Waals surface area contributed by atoms with Gasteiger partial charge in [-0.2, -0.15) is 4.31 Å². The van der Waals surface area contributed by atoms with Gasteiger partial charge in [-0.1, -0.05) is 50.1 Å². The monoisotopic (exact) mass is 350 g/mol. The lowest BCUT2D eigenvalue weighted by atomic mass is 9.86. The van der Waals surface area contributed by atoms with Crippen molar-refractivity contribution in [3.63, 3.8) is 0 Å². The maximum absolute atomic E-state index is 12.3. The molecule has 2 rings (SSSR count). The molecule has 6 heteroatoms. The summed E-state index contributed by atoms with van der Waals surface area (Å²) >= 11 is 0. The second-order valence-electron chi connectivity index (χ2n) is 6.45. The normalized spacial score (nSPS) is 22.0. The smallest absolute Gasteiger partial charge is 0.236 e. The van der Waals surface area contributed by atoms with Crippen LogP contribution in [0.4, 0.5) is 0 Å². The Morgan fingerprint density at radius 3 is 2.58 bits per heavy atom. The number of carbonyl (C=O) groups excluding carboxylic acids is 1. The first-order valence-electron chi connectivity index (χ1n) is 8.37. The number of likely N-dealkylation sites (N-methyl/N-ethyl adjacent to an activating group) is 1. The Kier molecular flexibility index (Phi) is 6.57. The van der Waals surface area contributed by atoms with E-state index in [0.29, 0.717) is 5.92 Å². The summed E-state index contributed by atoms with van der Waals surface area (Å²) in [5.74, 6) is 0.204. The van der Waals surface area contributed by atoms with Crippen molar-refractivity contribution in [2.24, 2.45) is 5.92 Å². The Morgan fingerprint density at radius 1 is 1.25 bits per heavy atom. The van der Waals surface area contributed by atoms with Gasteiger partial charge < -0.3 is 5.32 Å². The molecule has 0 saturated heterocycles. The third-order valence-corrected chi connectivity index (χ3v) is 5.97. The zero-order valence-corrected chi connectivity index (χ0v) is 15.1. The summed E-state index contributed by atoms with van der Waals surface area (Å²) in [6.45, 7) is 1.97. The van der Waals surface area contributed by atoms with E-state index in [1.807, 2.05) is 30.3 Å². The third-order valence-electron chi connectivity index (χ3n) is 4.49. The number of nitrogens with one attached hydrogen (secondary N) is 1. The third kappa shape index (κ3) is 5.46. The minimum atomic E-state index is -3.62. The highest BCUT2D eigenvalue weighted by molar-refractivity contribution is 7.92. The Hall–Kier alpha value is -1.66. The summed E-state index contributed by atoms with van der Waals surface area (Å²) < 4.78 is 25.6. The van der Waals surface area contributed by atoms with Gasteiger partial charge in [0.15, 0.2) is 0 Å². The predicted molar refractivity (Wildman–Crippen MR) is 96.6 cm³/mol. The molecule has 0 bridgehead atoms. The van der Waals surface area contributed by atoms with Crippen LogP contribution in [0.3, 0.4) is 0 Å². The summed E-state index contributed by atoms with van der Waals surface area (Å²) in [5.41, 5.74) is 0.801. The molecule has 0 spiro atoms.